The number of carbonyl (C=O) groups excluding carboxylic acids is 2. The molecule has 2 unspecified atom stereocenters. The molecular formula is C12H22N2O3. The van der Waals surface area contributed by atoms with Crippen molar-refractivity contribution >= 4 is 11.8 Å². The summed E-state index contributed by atoms with van der Waals surface area (Å²) >= 11 is 0. The highest BCUT2D eigenvalue weighted by Crippen LogP contribution is 2.15. The molecule has 0 bridgehead atoms. The second-order valence-electron chi connectivity index (χ2n) is 4.76. The van der Waals surface area contributed by atoms with Crippen LogP contribution in [0.1, 0.15) is 33.1 Å². The van der Waals surface area contributed by atoms with Crippen molar-refractivity contribution in [2.45, 2.75) is 39.2 Å². The van der Waals surface area contributed by atoms with Crippen molar-refractivity contribution < 1.29 is 14.7 Å². The van der Waals surface area contributed by atoms with Gasteiger partial charge in [0.1, 0.15) is 0 Å². The zero-order chi connectivity index (χ0) is 12.8. The van der Waals surface area contributed by atoms with Crippen LogP contribution in [0, 0.1) is 5.92 Å². The van der Waals surface area contributed by atoms with Gasteiger partial charge in [-0.2, -0.15) is 0 Å². The predicted molar refractivity (Wildman–Crippen MR) is 64.3 cm³/mol. The molecule has 1 fully saturated rings. The topological polar surface area (TPSA) is 69.6 Å². The molecule has 0 aromatic rings. The lowest BCUT2D eigenvalue weighted by molar-refractivity contribution is -0.147. The molecule has 0 aromatic heterocycles. The van der Waals surface area contributed by atoms with Gasteiger partial charge >= 0.3 is 11.8 Å². The third-order valence-corrected chi connectivity index (χ3v) is 3.19. The zero-order valence-corrected chi connectivity index (χ0v) is 10.6. The zero-order valence-electron chi connectivity index (χ0n) is 10.6. The standard InChI is InChI=1S/C12H22N2O3/c1-3-10(8-15)13-11(16)12(17)14-6-4-5-9(2)7-14/h9-10,15H,3-8H2,1-2H3,(H,13,16). The molecule has 1 rings (SSSR count). The van der Waals surface area contributed by atoms with Crippen molar-refractivity contribution in [2.75, 3.05) is 19.7 Å². The van der Waals surface area contributed by atoms with Crippen LogP contribution in [0.3, 0.4) is 0 Å². The third-order valence-electron chi connectivity index (χ3n) is 3.19. The van der Waals surface area contributed by atoms with E-state index in [1.807, 2.05) is 6.92 Å². The molecule has 0 spiro atoms. The summed E-state index contributed by atoms with van der Waals surface area (Å²) in [5.74, 6) is -0.608. The van der Waals surface area contributed by atoms with Crippen molar-refractivity contribution in [3.63, 3.8) is 0 Å². The summed E-state index contributed by atoms with van der Waals surface area (Å²) in [6, 6.07) is -0.325. The molecule has 0 aromatic carbocycles. The average molecular weight is 242 g/mol. The molecule has 1 heterocycles. The highest BCUT2D eigenvalue weighted by molar-refractivity contribution is 6.35. The normalized spacial score (nSPS) is 22.1. The van der Waals surface area contributed by atoms with Crippen molar-refractivity contribution in [3.05, 3.63) is 0 Å². The molecule has 5 heteroatoms. The molecule has 2 N–H and O–H groups in total. The third kappa shape index (κ3) is 4.00. The Morgan fingerprint density at radius 1 is 1.53 bits per heavy atom. The molecular weight excluding hydrogens is 220 g/mol. The highest BCUT2D eigenvalue weighted by atomic mass is 16.3. The fraction of sp³-hybridized carbons (Fsp3) is 0.833. The van der Waals surface area contributed by atoms with Gasteiger partial charge in [-0.3, -0.25) is 9.59 Å². The van der Waals surface area contributed by atoms with Crippen LogP contribution in [0.4, 0.5) is 0 Å². The van der Waals surface area contributed by atoms with Crippen LogP contribution in [0.2, 0.25) is 0 Å². The second-order valence-corrected chi connectivity index (χ2v) is 4.76. The highest BCUT2D eigenvalue weighted by Gasteiger charge is 2.26. The Bertz CT molecular complexity index is 277. The number of hydrogen-bond acceptors (Lipinski definition) is 3. The van der Waals surface area contributed by atoms with E-state index in [9.17, 15) is 9.59 Å². The van der Waals surface area contributed by atoms with Gasteiger partial charge in [-0.15, -0.1) is 0 Å². The summed E-state index contributed by atoms with van der Waals surface area (Å²) in [6.07, 6.45) is 2.68. The Labute approximate surface area is 102 Å². The van der Waals surface area contributed by atoms with Crippen LogP contribution >= 0.6 is 0 Å². The van der Waals surface area contributed by atoms with Crippen molar-refractivity contribution in [1.82, 2.24) is 10.2 Å². The van der Waals surface area contributed by atoms with Crippen molar-refractivity contribution in [1.29, 1.82) is 0 Å². The lowest BCUT2D eigenvalue weighted by Crippen LogP contribution is -2.49. The van der Waals surface area contributed by atoms with E-state index in [0.29, 0.717) is 25.4 Å². The summed E-state index contributed by atoms with van der Waals surface area (Å²) in [5, 5.41) is 11.5. The van der Waals surface area contributed by atoms with Gasteiger partial charge in [0.15, 0.2) is 0 Å². The quantitative estimate of drug-likeness (QED) is 0.691. The summed E-state index contributed by atoms with van der Waals surface area (Å²) in [4.78, 5) is 25.1. The van der Waals surface area contributed by atoms with E-state index in [4.69, 9.17) is 5.11 Å². The van der Waals surface area contributed by atoms with Gasteiger partial charge in [0.05, 0.1) is 12.6 Å². The van der Waals surface area contributed by atoms with Gasteiger partial charge in [0, 0.05) is 13.1 Å². The lowest BCUT2D eigenvalue weighted by atomic mass is 10.0. The molecule has 0 radical (unpaired) electrons. The number of likely N-dealkylation sites (tertiary alicyclic amines) is 1. The molecule has 1 aliphatic heterocycles. The van der Waals surface area contributed by atoms with Crippen LogP contribution in [0.5, 0.6) is 0 Å². The minimum Gasteiger partial charge on any atom is -0.394 e. The number of rotatable bonds is 3. The van der Waals surface area contributed by atoms with Gasteiger partial charge in [0.2, 0.25) is 0 Å². The van der Waals surface area contributed by atoms with Gasteiger partial charge in [-0.25, -0.2) is 0 Å². The van der Waals surface area contributed by atoms with Crippen LogP contribution in [0.15, 0.2) is 0 Å². The number of nitrogens with zero attached hydrogens (tertiary/aromatic N) is 1. The smallest absolute Gasteiger partial charge is 0.311 e. The van der Waals surface area contributed by atoms with E-state index in [0.717, 1.165) is 12.8 Å². The number of hydrogen-bond donors (Lipinski definition) is 2. The van der Waals surface area contributed by atoms with Crippen LogP contribution in [-0.4, -0.2) is 47.6 Å². The molecule has 2 amide bonds. The number of nitrogens with one attached hydrogen (secondary N) is 1. The van der Waals surface area contributed by atoms with Crippen LogP contribution < -0.4 is 5.32 Å². The minimum atomic E-state index is -0.597. The number of amides is 2. The maximum absolute atomic E-state index is 11.8. The fourth-order valence-corrected chi connectivity index (χ4v) is 2.04. The van der Waals surface area contributed by atoms with Gasteiger partial charge < -0.3 is 15.3 Å². The Morgan fingerprint density at radius 2 is 2.24 bits per heavy atom. The van der Waals surface area contributed by atoms with E-state index < -0.39 is 11.8 Å². The van der Waals surface area contributed by atoms with Gasteiger partial charge in [0.25, 0.3) is 0 Å². The Hall–Kier alpha value is -1.10. The number of piperidine rings is 1. The number of carbonyl (C=O) groups is 2. The maximum Gasteiger partial charge on any atom is 0.311 e. The monoisotopic (exact) mass is 242 g/mol. The fourth-order valence-electron chi connectivity index (χ4n) is 2.04. The SMILES string of the molecule is CCC(CO)NC(=O)C(=O)N1CCCC(C)C1. The average Bonchev–Trinajstić information content (AvgIpc) is 2.34. The van der Waals surface area contributed by atoms with Crippen LogP contribution in [-0.2, 0) is 9.59 Å². The maximum atomic E-state index is 11.8. The number of aliphatic hydroxyl groups is 1. The first-order valence-corrected chi connectivity index (χ1v) is 6.29. The molecule has 17 heavy (non-hydrogen) atoms. The van der Waals surface area contributed by atoms with E-state index in [1.54, 1.807) is 4.90 Å². The molecule has 2 atom stereocenters. The first-order chi connectivity index (χ1) is 8.08. The molecule has 0 aliphatic carbocycles. The first kappa shape index (κ1) is 14.0. The lowest BCUT2D eigenvalue weighted by Gasteiger charge is -2.30. The predicted octanol–water partition coefficient (Wildman–Crippen LogP) is 0.132. The van der Waals surface area contributed by atoms with Gasteiger partial charge in [-0.05, 0) is 25.2 Å². The van der Waals surface area contributed by atoms with Crippen molar-refractivity contribution in [3.8, 4) is 0 Å². The molecule has 1 saturated heterocycles. The summed E-state index contributed by atoms with van der Waals surface area (Å²) in [5.41, 5.74) is 0. The molecule has 5 nitrogen and oxygen atoms in total. The molecule has 1 aliphatic rings. The Balaban J connectivity index is 2.48. The first-order valence-electron chi connectivity index (χ1n) is 6.29. The van der Waals surface area contributed by atoms with Gasteiger partial charge in [-0.1, -0.05) is 13.8 Å². The number of aliphatic hydroxyl groups excluding tert-OH is 1. The molecule has 98 valence electrons. The Morgan fingerprint density at radius 3 is 2.76 bits per heavy atom. The van der Waals surface area contributed by atoms with E-state index in [-0.39, 0.29) is 12.6 Å². The molecule has 0 saturated carbocycles. The van der Waals surface area contributed by atoms with E-state index in [1.165, 1.54) is 0 Å². The summed E-state index contributed by atoms with van der Waals surface area (Å²) < 4.78 is 0. The summed E-state index contributed by atoms with van der Waals surface area (Å²) in [6.45, 7) is 5.12. The van der Waals surface area contributed by atoms with E-state index >= 15 is 0 Å². The van der Waals surface area contributed by atoms with Crippen LogP contribution in [0.25, 0.3) is 0 Å². The second kappa shape index (κ2) is 6.59. The summed E-state index contributed by atoms with van der Waals surface area (Å²) in [7, 11) is 0. The minimum absolute atomic E-state index is 0.133. The van der Waals surface area contributed by atoms with E-state index in [2.05, 4.69) is 12.2 Å². The Kier molecular flexibility index (Phi) is 5.41. The van der Waals surface area contributed by atoms with Crippen molar-refractivity contribution in [2.24, 2.45) is 5.92 Å². The largest absolute Gasteiger partial charge is 0.394 e.